The molecule has 0 radical (unpaired) electrons. The Morgan fingerprint density at radius 3 is 2.47 bits per heavy atom. The molecule has 3 nitrogen and oxygen atoms in total. The highest BCUT2D eigenvalue weighted by Gasteiger charge is 2.37. The molecule has 2 rings (SSSR count). The van der Waals surface area contributed by atoms with Crippen LogP contribution in [-0.4, -0.2) is 18.0 Å². The van der Waals surface area contributed by atoms with Crippen molar-refractivity contribution in [2.45, 2.75) is 70.3 Å². The van der Waals surface area contributed by atoms with E-state index >= 15 is 0 Å². The number of rotatable bonds is 4. The Kier molecular flexibility index (Phi) is 6.61. The van der Waals surface area contributed by atoms with Crippen LogP contribution >= 0.6 is 12.4 Å². The minimum atomic E-state index is -0.296. The highest BCUT2D eigenvalue weighted by atomic mass is 35.5. The molecule has 0 aromatic rings. The first kappa shape index (κ1) is 16.8. The average Bonchev–Trinajstić information content (AvgIpc) is 2.81. The fourth-order valence-corrected chi connectivity index (χ4v) is 3.61. The maximum Gasteiger partial charge on any atom is 0.224 e. The topological polar surface area (TPSA) is 55.1 Å². The first-order chi connectivity index (χ1) is 8.59. The summed E-state index contributed by atoms with van der Waals surface area (Å²) in [5.74, 6) is 1.06. The van der Waals surface area contributed by atoms with Crippen molar-refractivity contribution in [2.24, 2.45) is 17.6 Å². The van der Waals surface area contributed by atoms with Crippen molar-refractivity contribution < 1.29 is 4.79 Å². The van der Waals surface area contributed by atoms with Crippen LogP contribution in [0.2, 0.25) is 0 Å². The molecule has 0 spiro atoms. The molecule has 2 unspecified atom stereocenters. The number of hydrogen-bond acceptors (Lipinski definition) is 2. The van der Waals surface area contributed by atoms with Gasteiger partial charge in [-0.1, -0.05) is 38.5 Å². The molecule has 1 amide bonds. The lowest BCUT2D eigenvalue weighted by atomic mass is 9.74. The summed E-state index contributed by atoms with van der Waals surface area (Å²) in [6.07, 6.45) is 10.9. The van der Waals surface area contributed by atoms with Gasteiger partial charge in [0.05, 0.1) is 5.92 Å². The second kappa shape index (κ2) is 7.49. The average molecular weight is 289 g/mol. The van der Waals surface area contributed by atoms with Crippen LogP contribution in [0.4, 0.5) is 0 Å². The molecule has 0 aromatic heterocycles. The summed E-state index contributed by atoms with van der Waals surface area (Å²) in [4.78, 5) is 12.2. The van der Waals surface area contributed by atoms with Crippen molar-refractivity contribution in [1.82, 2.24) is 5.32 Å². The van der Waals surface area contributed by atoms with Gasteiger partial charge < -0.3 is 11.1 Å². The van der Waals surface area contributed by atoms with Gasteiger partial charge in [-0.05, 0) is 32.1 Å². The summed E-state index contributed by atoms with van der Waals surface area (Å²) in [5.41, 5.74) is 5.96. The quantitative estimate of drug-likeness (QED) is 0.835. The van der Waals surface area contributed by atoms with Gasteiger partial charge >= 0.3 is 0 Å². The number of amides is 1. The second-order valence-electron chi connectivity index (χ2n) is 6.53. The van der Waals surface area contributed by atoms with E-state index in [4.69, 9.17) is 5.73 Å². The van der Waals surface area contributed by atoms with E-state index in [1.165, 1.54) is 32.1 Å². The first-order valence-electron chi connectivity index (χ1n) is 7.66. The van der Waals surface area contributed by atoms with Crippen LogP contribution in [0.5, 0.6) is 0 Å². The van der Waals surface area contributed by atoms with Crippen LogP contribution in [0.3, 0.4) is 0 Å². The van der Waals surface area contributed by atoms with E-state index in [1.54, 1.807) is 0 Å². The smallest absolute Gasteiger partial charge is 0.224 e. The van der Waals surface area contributed by atoms with Gasteiger partial charge in [0.15, 0.2) is 0 Å². The largest absolute Gasteiger partial charge is 0.356 e. The van der Waals surface area contributed by atoms with Crippen molar-refractivity contribution in [3.05, 3.63) is 0 Å². The molecule has 2 saturated carbocycles. The Labute approximate surface area is 123 Å². The Morgan fingerprint density at radius 1 is 1.21 bits per heavy atom. The molecule has 0 bridgehead atoms. The summed E-state index contributed by atoms with van der Waals surface area (Å²) in [7, 11) is 0. The molecule has 4 heteroatoms. The number of halogens is 1. The molecule has 0 heterocycles. The third-order valence-electron chi connectivity index (χ3n) is 4.90. The Morgan fingerprint density at radius 2 is 1.84 bits per heavy atom. The van der Waals surface area contributed by atoms with Crippen molar-refractivity contribution in [2.75, 3.05) is 6.54 Å². The Bertz CT molecular complexity index is 288. The monoisotopic (exact) mass is 288 g/mol. The van der Waals surface area contributed by atoms with Crippen LogP contribution in [0.15, 0.2) is 0 Å². The number of nitrogens with one attached hydrogen (secondary N) is 1. The molecule has 0 aromatic carbocycles. The zero-order valence-corrected chi connectivity index (χ0v) is 12.9. The normalized spacial score (nSPS) is 31.8. The van der Waals surface area contributed by atoms with E-state index in [9.17, 15) is 4.79 Å². The summed E-state index contributed by atoms with van der Waals surface area (Å²) >= 11 is 0. The van der Waals surface area contributed by atoms with E-state index < -0.39 is 0 Å². The Hall–Kier alpha value is -0.280. The maximum atomic E-state index is 12.2. The zero-order valence-electron chi connectivity index (χ0n) is 12.1. The highest BCUT2D eigenvalue weighted by Crippen LogP contribution is 2.32. The predicted octanol–water partition coefficient (Wildman–Crippen LogP) is 3.01. The van der Waals surface area contributed by atoms with Crippen LogP contribution in [0.25, 0.3) is 0 Å². The van der Waals surface area contributed by atoms with E-state index in [-0.39, 0.29) is 29.8 Å². The predicted molar refractivity (Wildman–Crippen MR) is 81.4 cm³/mol. The van der Waals surface area contributed by atoms with Crippen molar-refractivity contribution in [3.63, 3.8) is 0 Å². The van der Waals surface area contributed by atoms with Crippen LogP contribution in [0, 0.1) is 11.8 Å². The highest BCUT2D eigenvalue weighted by molar-refractivity contribution is 5.85. The molecule has 2 aliphatic carbocycles. The van der Waals surface area contributed by atoms with Gasteiger partial charge in [0.2, 0.25) is 5.91 Å². The maximum absolute atomic E-state index is 12.2. The number of carbonyl (C=O) groups excluding carboxylic acids is 1. The standard InChI is InChI=1S/C15H28N2O.ClH/c1-15(16)10-5-4-8-13(15)14(18)17-11-9-12-6-2-3-7-12;/h12-13H,2-11,16H2,1H3,(H,17,18);1H. The lowest BCUT2D eigenvalue weighted by Crippen LogP contribution is -2.53. The molecule has 0 aliphatic heterocycles. The van der Waals surface area contributed by atoms with Crippen LogP contribution in [0.1, 0.15) is 64.7 Å². The van der Waals surface area contributed by atoms with Gasteiger partial charge in [-0.25, -0.2) is 0 Å². The zero-order chi connectivity index (χ0) is 13.0. The molecule has 3 N–H and O–H groups in total. The molecule has 0 saturated heterocycles. The van der Waals surface area contributed by atoms with Gasteiger partial charge in [0.25, 0.3) is 0 Å². The molecular formula is C15H29ClN2O. The Balaban J connectivity index is 0.00000180. The molecule has 2 atom stereocenters. The lowest BCUT2D eigenvalue weighted by Gasteiger charge is -2.37. The van der Waals surface area contributed by atoms with Crippen LogP contribution in [-0.2, 0) is 4.79 Å². The van der Waals surface area contributed by atoms with Gasteiger partial charge in [-0.3, -0.25) is 4.79 Å². The number of hydrogen-bond donors (Lipinski definition) is 2. The third-order valence-corrected chi connectivity index (χ3v) is 4.90. The minimum absolute atomic E-state index is 0. The van der Waals surface area contributed by atoms with E-state index in [0.717, 1.165) is 38.1 Å². The van der Waals surface area contributed by atoms with Gasteiger partial charge in [0, 0.05) is 12.1 Å². The van der Waals surface area contributed by atoms with Gasteiger partial charge in [-0.2, -0.15) is 0 Å². The summed E-state index contributed by atoms with van der Waals surface area (Å²) < 4.78 is 0. The number of nitrogens with two attached hydrogens (primary N) is 1. The first-order valence-corrected chi connectivity index (χ1v) is 7.66. The molecule has 112 valence electrons. The van der Waals surface area contributed by atoms with Crippen molar-refractivity contribution >= 4 is 18.3 Å². The molecule has 2 aliphatic rings. The summed E-state index contributed by atoms with van der Waals surface area (Å²) in [6.45, 7) is 2.88. The fourth-order valence-electron chi connectivity index (χ4n) is 3.61. The molecule has 19 heavy (non-hydrogen) atoms. The fraction of sp³-hybridized carbons (Fsp3) is 0.933. The molecule has 2 fully saturated rings. The van der Waals surface area contributed by atoms with Gasteiger partial charge in [-0.15, -0.1) is 12.4 Å². The van der Waals surface area contributed by atoms with E-state index in [0.29, 0.717) is 0 Å². The second-order valence-corrected chi connectivity index (χ2v) is 6.53. The van der Waals surface area contributed by atoms with Gasteiger partial charge in [0.1, 0.15) is 0 Å². The van der Waals surface area contributed by atoms with Crippen LogP contribution < -0.4 is 11.1 Å². The van der Waals surface area contributed by atoms with Crippen molar-refractivity contribution in [3.8, 4) is 0 Å². The minimum Gasteiger partial charge on any atom is -0.356 e. The van der Waals surface area contributed by atoms with Crippen molar-refractivity contribution in [1.29, 1.82) is 0 Å². The SMILES string of the molecule is CC1(N)CCCCC1C(=O)NCCC1CCCC1.Cl. The lowest BCUT2D eigenvalue weighted by molar-refractivity contribution is -0.128. The summed E-state index contributed by atoms with van der Waals surface area (Å²) in [5, 5.41) is 3.12. The van der Waals surface area contributed by atoms with E-state index in [1.807, 2.05) is 6.92 Å². The third kappa shape index (κ3) is 4.64. The number of carbonyl (C=O) groups is 1. The molecular weight excluding hydrogens is 260 g/mol. The summed E-state index contributed by atoms with van der Waals surface area (Å²) in [6, 6.07) is 0. The van der Waals surface area contributed by atoms with E-state index in [2.05, 4.69) is 5.32 Å².